The largest absolute Gasteiger partial charge is 0.480 e. The molecule has 32 heavy (non-hydrogen) atoms. The molecule has 5 unspecified atom stereocenters. The third-order valence-corrected chi connectivity index (χ3v) is 4.51. The molecule has 0 heterocycles. The van der Waals surface area contributed by atoms with Gasteiger partial charge >= 0.3 is 5.97 Å². The van der Waals surface area contributed by atoms with Gasteiger partial charge in [-0.2, -0.15) is 0 Å². The Balaban J connectivity index is 5.30. The molecular formula is C18H34N6O8. The summed E-state index contributed by atoms with van der Waals surface area (Å²) in [7, 11) is 0. The Kier molecular flexibility index (Phi) is 13.7. The smallest absolute Gasteiger partial charge is 0.326 e. The molecule has 4 amide bonds. The number of aliphatic carboxylic acids is 1. The number of aliphatic hydroxyl groups is 2. The Hall–Kier alpha value is -2.81. The normalized spacial score (nSPS) is 15.5. The second kappa shape index (κ2) is 15.1. The number of hydrogen-bond donors (Lipinski definition) is 9. The predicted octanol–water partition coefficient (Wildman–Crippen LogP) is -4.38. The number of rotatable bonds is 16. The van der Waals surface area contributed by atoms with Gasteiger partial charge in [-0.05, 0) is 39.2 Å². The minimum absolute atomic E-state index is 0.0935. The van der Waals surface area contributed by atoms with Gasteiger partial charge in [0.25, 0.3) is 0 Å². The van der Waals surface area contributed by atoms with Crippen molar-refractivity contribution in [3.63, 3.8) is 0 Å². The lowest BCUT2D eigenvalue weighted by Gasteiger charge is -2.24. The average molecular weight is 463 g/mol. The summed E-state index contributed by atoms with van der Waals surface area (Å²) < 4.78 is 0. The lowest BCUT2D eigenvalue weighted by atomic mass is 10.1. The van der Waals surface area contributed by atoms with Gasteiger partial charge in [-0.1, -0.05) is 0 Å². The minimum atomic E-state index is -1.47. The van der Waals surface area contributed by atoms with Crippen molar-refractivity contribution in [1.82, 2.24) is 16.0 Å². The molecule has 0 rings (SSSR count). The lowest BCUT2D eigenvalue weighted by Crippen LogP contribution is -2.59. The molecule has 0 aromatic rings. The number of carbonyl (C=O) groups excluding carboxylic acids is 4. The van der Waals surface area contributed by atoms with Crippen LogP contribution in [0.1, 0.15) is 39.0 Å². The maximum atomic E-state index is 12.6. The first-order valence-electron chi connectivity index (χ1n) is 10.1. The van der Waals surface area contributed by atoms with Crippen LogP contribution in [0.4, 0.5) is 0 Å². The number of aliphatic hydroxyl groups excluding tert-OH is 2. The van der Waals surface area contributed by atoms with Gasteiger partial charge in [-0.3, -0.25) is 19.2 Å². The summed E-state index contributed by atoms with van der Waals surface area (Å²) in [5.74, 6) is -4.78. The van der Waals surface area contributed by atoms with E-state index in [0.717, 1.165) is 0 Å². The van der Waals surface area contributed by atoms with Crippen LogP contribution in [0, 0.1) is 0 Å². The maximum absolute atomic E-state index is 12.6. The van der Waals surface area contributed by atoms with Crippen LogP contribution >= 0.6 is 0 Å². The Labute approximate surface area is 185 Å². The molecule has 12 N–H and O–H groups in total. The van der Waals surface area contributed by atoms with E-state index >= 15 is 0 Å². The average Bonchev–Trinajstić information content (AvgIpc) is 2.72. The number of carboxylic acid groups (broad SMARTS) is 1. The first kappa shape index (κ1) is 29.2. The van der Waals surface area contributed by atoms with E-state index in [0.29, 0.717) is 19.4 Å². The van der Waals surface area contributed by atoms with Gasteiger partial charge in [0.05, 0.1) is 12.7 Å². The van der Waals surface area contributed by atoms with Crippen LogP contribution in [-0.2, 0) is 24.0 Å². The molecule has 0 fully saturated rings. The van der Waals surface area contributed by atoms with Crippen molar-refractivity contribution in [1.29, 1.82) is 0 Å². The van der Waals surface area contributed by atoms with E-state index < -0.39 is 66.5 Å². The molecule has 14 heteroatoms. The van der Waals surface area contributed by atoms with Crippen LogP contribution in [0.15, 0.2) is 0 Å². The number of amides is 4. The second-order valence-electron chi connectivity index (χ2n) is 7.26. The van der Waals surface area contributed by atoms with E-state index in [4.69, 9.17) is 17.2 Å². The summed E-state index contributed by atoms with van der Waals surface area (Å²) in [4.78, 5) is 59.4. The van der Waals surface area contributed by atoms with E-state index in [9.17, 15) is 39.3 Å². The van der Waals surface area contributed by atoms with Gasteiger partial charge in [-0.25, -0.2) is 4.79 Å². The van der Waals surface area contributed by atoms with Gasteiger partial charge in [0.15, 0.2) is 0 Å². The van der Waals surface area contributed by atoms with Crippen LogP contribution in [0.5, 0.6) is 0 Å². The van der Waals surface area contributed by atoms with Gasteiger partial charge < -0.3 is 48.5 Å². The van der Waals surface area contributed by atoms with Gasteiger partial charge in [0, 0.05) is 6.42 Å². The number of primary amides is 1. The van der Waals surface area contributed by atoms with Crippen LogP contribution in [0.25, 0.3) is 0 Å². The number of unbranched alkanes of at least 4 members (excludes halogenated alkanes) is 1. The molecule has 0 radical (unpaired) electrons. The van der Waals surface area contributed by atoms with Crippen molar-refractivity contribution in [3.8, 4) is 0 Å². The fourth-order valence-corrected chi connectivity index (χ4v) is 2.53. The van der Waals surface area contributed by atoms with Crippen molar-refractivity contribution >= 4 is 29.6 Å². The number of carbonyl (C=O) groups is 5. The van der Waals surface area contributed by atoms with Gasteiger partial charge in [-0.15, -0.1) is 0 Å². The summed E-state index contributed by atoms with van der Waals surface area (Å²) in [6.45, 7) is 0.774. The number of hydrogen-bond acceptors (Lipinski definition) is 9. The zero-order chi connectivity index (χ0) is 24.8. The van der Waals surface area contributed by atoms with E-state index in [1.807, 2.05) is 0 Å². The van der Waals surface area contributed by atoms with Gasteiger partial charge in [0.2, 0.25) is 23.6 Å². The van der Waals surface area contributed by atoms with Crippen LogP contribution < -0.4 is 33.2 Å². The summed E-state index contributed by atoms with van der Waals surface area (Å²) in [5.41, 5.74) is 15.9. The van der Waals surface area contributed by atoms with Crippen LogP contribution in [0.2, 0.25) is 0 Å². The van der Waals surface area contributed by atoms with E-state index in [1.165, 1.54) is 6.92 Å². The number of nitrogens with two attached hydrogens (primary N) is 3. The van der Waals surface area contributed by atoms with Gasteiger partial charge in [0.1, 0.15) is 24.2 Å². The van der Waals surface area contributed by atoms with Crippen molar-refractivity contribution in [2.45, 2.75) is 69.3 Å². The third kappa shape index (κ3) is 11.0. The Morgan fingerprint density at radius 3 is 1.88 bits per heavy atom. The molecule has 0 aromatic carbocycles. The molecule has 0 aliphatic carbocycles. The van der Waals surface area contributed by atoms with E-state index in [2.05, 4.69) is 16.0 Å². The highest BCUT2D eigenvalue weighted by Crippen LogP contribution is 2.05. The molecular weight excluding hydrogens is 428 g/mol. The highest BCUT2D eigenvalue weighted by molar-refractivity contribution is 5.94. The maximum Gasteiger partial charge on any atom is 0.326 e. The summed E-state index contributed by atoms with van der Waals surface area (Å²) >= 11 is 0. The first-order chi connectivity index (χ1) is 14.9. The van der Waals surface area contributed by atoms with Crippen molar-refractivity contribution < 1.29 is 39.3 Å². The number of carboxylic acids is 1. The summed E-state index contributed by atoms with van der Waals surface area (Å²) in [6.07, 6.45) is -0.698. The molecule has 14 nitrogen and oxygen atoms in total. The topological polar surface area (TPSA) is 260 Å². The zero-order valence-corrected chi connectivity index (χ0v) is 18.0. The van der Waals surface area contributed by atoms with Crippen molar-refractivity contribution in [2.75, 3.05) is 13.2 Å². The van der Waals surface area contributed by atoms with Crippen LogP contribution in [0.3, 0.4) is 0 Å². The SMILES string of the molecule is CC(O)C(N)C(=O)NC(CO)C(=O)NC(CCCCN)C(=O)NC(CCC(N)=O)C(=O)O. The lowest BCUT2D eigenvalue weighted by molar-refractivity contribution is -0.142. The Morgan fingerprint density at radius 2 is 1.41 bits per heavy atom. The van der Waals surface area contributed by atoms with E-state index in [-0.39, 0.29) is 19.3 Å². The summed E-state index contributed by atoms with van der Waals surface area (Å²) in [5, 5.41) is 34.8. The monoisotopic (exact) mass is 462 g/mol. The molecule has 0 aliphatic rings. The number of nitrogens with one attached hydrogen (secondary N) is 3. The van der Waals surface area contributed by atoms with Crippen LogP contribution in [-0.4, -0.2) is 88.3 Å². The fourth-order valence-electron chi connectivity index (χ4n) is 2.53. The third-order valence-electron chi connectivity index (χ3n) is 4.51. The quantitative estimate of drug-likeness (QED) is 0.0994. The van der Waals surface area contributed by atoms with Crippen molar-refractivity contribution in [2.24, 2.45) is 17.2 Å². The zero-order valence-electron chi connectivity index (χ0n) is 18.0. The molecule has 0 spiro atoms. The van der Waals surface area contributed by atoms with E-state index in [1.54, 1.807) is 0 Å². The molecule has 5 atom stereocenters. The molecule has 0 bridgehead atoms. The first-order valence-corrected chi connectivity index (χ1v) is 10.1. The highest BCUT2D eigenvalue weighted by atomic mass is 16.4. The standard InChI is InChI=1S/C18H34N6O8/c1-9(26)14(21)17(30)24-12(8-25)16(29)22-10(4-2-3-7-19)15(28)23-11(18(31)32)5-6-13(20)27/h9-12,14,25-26H,2-8,19,21H2,1H3,(H2,20,27)(H,22,29)(H,23,28)(H,24,30)(H,31,32). The molecule has 0 saturated carbocycles. The fraction of sp³-hybridized carbons (Fsp3) is 0.722. The Morgan fingerprint density at radius 1 is 0.875 bits per heavy atom. The second-order valence-corrected chi connectivity index (χ2v) is 7.26. The molecule has 184 valence electrons. The molecule has 0 aliphatic heterocycles. The Bertz CT molecular complexity index is 659. The molecule has 0 aromatic heterocycles. The minimum Gasteiger partial charge on any atom is -0.480 e. The highest BCUT2D eigenvalue weighted by Gasteiger charge is 2.30. The van der Waals surface area contributed by atoms with Crippen molar-refractivity contribution in [3.05, 3.63) is 0 Å². The summed E-state index contributed by atoms with van der Waals surface area (Å²) in [6, 6.07) is -5.44. The molecule has 0 saturated heterocycles. The predicted molar refractivity (Wildman–Crippen MR) is 112 cm³/mol.